The third-order valence-corrected chi connectivity index (χ3v) is 8.18. The number of halogens is 7. The van der Waals surface area contributed by atoms with E-state index >= 15 is 0 Å². The first kappa shape index (κ1) is 30.2. The zero-order valence-corrected chi connectivity index (χ0v) is 24.6. The van der Waals surface area contributed by atoms with Crippen molar-refractivity contribution in [3.63, 3.8) is 0 Å². The molecule has 0 spiro atoms. The number of carbonyl (C=O) groups excluding carboxylic acids is 2. The highest BCUT2D eigenvalue weighted by Crippen LogP contribution is 2.41. The second-order valence-electron chi connectivity index (χ2n) is 9.14. The van der Waals surface area contributed by atoms with E-state index in [0.29, 0.717) is 34.3 Å². The summed E-state index contributed by atoms with van der Waals surface area (Å²) in [5.41, 5.74) is -0.0212. The molecule has 1 aliphatic carbocycles. The lowest BCUT2D eigenvalue weighted by Crippen LogP contribution is -2.46. The van der Waals surface area contributed by atoms with E-state index in [1.807, 2.05) is 0 Å². The first-order valence-corrected chi connectivity index (χ1v) is 13.7. The molecule has 3 aromatic rings. The fourth-order valence-corrected chi connectivity index (χ4v) is 5.12. The molecule has 1 unspecified atom stereocenters. The average Bonchev–Trinajstić information content (AvgIpc) is 3.67. The number of hydrogen-bond donors (Lipinski definition) is 2. The summed E-state index contributed by atoms with van der Waals surface area (Å²) < 4.78 is 47.0. The minimum atomic E-state index is -4.63. The van der Waals surface area contributed by atoms with Crippen LogP contribution < -0.4 is 15.4 Å². The van der Waals surface area contributed by atoms with Crippen molar-refractivity contribution in [2.24, 2.45) is 0 Å². The van der Waals surface area contributed by atoms with Crippen LogP contribution in [-0.2, 0) is 4.79 Å². The number of carbonyl (C=O) groups is 2. The van der Waals surface area contributed by atoms with Crippen LogP contribution in [0.3, 0.4) is 0 Å². The molecule has 12 heteroatoms. The number of alkyl halides is 3. The molecule has 4 rings (SSSR count). The zero-order valence-electron chi connectivity index (χ0n) is 20.7. The van der Waals surface area contributed by atoms with Crippen LogP contribution in [0.1, 0.15) is 40.2 Å². The molecular formula is C28H21BrCl3F3N2O3. The van der Waals surface area contributed by atoms with Gasteiger partial charge >= 0.3 is 6.18 Å². The SMILES string of the molecule is COc1ccc(NC(=O)C2(NC(=O)c3ccc(C=CC(c4cc(Cl)c(Cl)c(Cl)c4)C(F)(F)F)cc3Br)CC2)cc1. The number of benzene rings is 3. The summed E-state index contributed by atoms with van der Waals surface area (Å²) in [5.74, 6) is -2.20. The monoisotopic (exact) mass is 674 g/mol. The lowest BCUT2D eigenvalue weighted by atomic mass is 9.97. The lowest BCUT2D eigenvalue weighted by molar-refractivity contribution is -0.139. The smallest absolute Gasteiger partial charge is 0.399 e. The van der Waals surface area contributed by atoms with Crippen molar-refractivity contribution in [1.29, 1.82) is 0 Å². The summed E-state index contributed by atoms with van der Waals surface area (Å²) in [4.78, 5) is 25.9. The number of allylic oxidation sites excluding steroid dienone is 1. The summed E-state index contributed by atoms with van der Waals surface area (Å²) in [5, 5.41) is 5.38. The van der Waals surface area contributed by atoms with E-state index in [1.165, 1.54) is 31.4 Å². The van der Waals surface area contributed by atoms with Crippen LogP contribution in [-0.4, -0.2) is 30.6 Å². The third-order valence-electron chi connectivity index (χ3n) is 6.32. The molecular weight excluding hydrogens is 656 g/mol. The molecule has 0 radical (unpaired) electrons. The van der Waals surface area contributed by atoms with E-state index in [4.69, 9.17) is 39.5 Å². The van der Waals surface area contributed by atoms with Crippen LogP contribution in [0.4, 0.5) is 18.9 Å². The molecule has 2 amide bonds. The van der Waals surface area contributed by atoms with Crippen molar-refractivity contribution in [1.82, 2.24) is 5.32 Å². The van der Waals surface area contributed by atoms with Gasteiger partial charge in [0.1, 0.15) is 11.3 Å². The van der Waals surface area contributed by atoms with Gasteiger partial charge in [-0.3, -0.25) is 9.59 Å². The highest BCUT2D eigenvalue weighted by atomic mass is 79.9. The third kappa shape index (κ3) is 6.94. The molecule has 0 aromatic heterocycles. The topological polar surface area (TPSA) is 67.4 Å². The zero-order chi connectivity index (χ0) is 29.2. The van der Waals surface area contributed by atoms with Gasteiger partial charge in [0.05, 0.1) is 33.7 Å². The van der Waals surface area contributed by atoms with Gasteiger partial charge in [0.15, 0.2) is 0 Å². The predicted molar refractivity (Wildman–Crippen MR) is 154 cm³/mol. The Balaban J connectivity index is 1.47. The Bertz CT molecular complexity index is 1450. The van der Waals surface area contributed by atoms with Gasteiger partial charge in [-0.1, -0.05) is 53.0 Å². The van der Waals surface area contributed by atoms with Crippen LogP contribution in [0.2, 0.25) is 15.1 Å². The van der Waals surface area contributed by atoms with Crippen molar-refractivity contribution in [3.8, 4) is 5.75 Å². The van der Waals surface area contributed by atoms with Gasteiger partial charge in [-0.2, -0.15) is 13.2 Å². The van der Waals surface area contributed by atoms with Crippen molar-refractivity contribution in [2.45, 2.75) is 30.5 Å². The standard InChI is InChI=1S/C28H21BrCl3F3N2O3/c1-40-18-6-4-17(5-7-18)36-26(39)27(10-11-27)37-25(38)19-8-2-15(12-21(19)29)3-9-20(28(33,34)35)16-13-22(30)24(32)23(31)14-16/h2-9,12-14,20H,10-11H2,1H3,(H,36,39)(H,37,38). The maximum Gasteiger partial charge on any atom is 0.399 e. The molecule has 210 valence electrons. The van der Waals surface area contributed by atoms with Crippen molar-refractivity contribution < 1.29 is 27.5 Å². The van der Waals surface area contributed by atoms with Crippen LogP contribution >= 0.6 is 50.7 Å². The van der Waals surface area contributed by atoms with Crippen LogP contribution in [0.5, 0.6) is 5.75 Å². The number of rotatable bonds is 8. The Kier molecular flexibility index (Phi) is 9.09. The van der Waals surface area contributed by atoms with Crippen molar-refractivity contribution >= 4 is 74.3 Å². The van der Waals surface area contributed by atoms with E-state index in [1.54, 1.807) is 24.3 Å². The fourth-order valence-electron chi connectivity index (χ4n) is 3.93. The lowest BCUT2D eigenvalue weighted by Gasteiger charge is -2.19. The molecule has 2 N–H and O–H groups in total. The maximum atomic E-state index is 13.9. The van der Waals surface area contributed by atoms with Gasteiger partial charge in [0.25, 0.3) is 5.91 Å². The normalized spacial score (nSPS) is 15.0. The predicted octanol–water partition coefficient (Wildman–Crippen LogP) is 8.68. The van der Waals surface area contributed by atoms with E-state index in [2.05, 4.69) is 26.6 Å². The van der Waals surface area contributed by atoms with Gasteiger partial charge in [0, 0.05) is 10.2 Å². The maximum absolute atomic E-state index is 13.9. The Morgan fingerprint density at radius 3 is 2.17 bits per heavy atom. The molecule has 0 aliphatic heterocycles. The molecule has 1 fully saturated rings. The summed E-state index contributed by atoms with van der Waals surface area (Å²) in [6.07, 6.45) is -1.43. The second-order valence-corrected chi connectivity index (χ2v) is 11.2. The Morgan fingerprint density at radius 1 is 1.02 bits per heavy atom. The van der Waals surface area contributed by atoms with Crippen LogP contribution in [0.15, 0.2) is 65.1 Å². The molecule has 1 aliphatic rings. The number of amides is 2. The molecule has 0 heterocycles. The largest absolute Gasteiger partial charge is 0.497 e. The number of nitrogens with one attached hydrogen (secondary N) is 2. The Morgan fingerprint density at radius 2 is 1.65 bits per heavy atom. The summed E-state index contributed by atoms with van der Waals surface area (Å²) >= 11 is 21.1. The van der Waals surface area contributed by atoms with E-state index in [0.717, 1.165) is 18.2 Å². The minimum Gasteiger partial charge on any atom is -0.497 e. The van der Waals surface area contributed by atoms with Crippen LogP contribution in [0, 0.1) is 0 Å². The number of ether oxygens (including phenoxy) is 1. The summed E-state index contributed by atoms with van der Waals surface area (Å²) in [6.45, 7) is 0. The number of hydrogen-bond acceptors (Lipinski definition) is 3. The first-order valence-electron chi connectivity index (χ1n) is 11.8. The fraction of sp³-hybridized carbons (Fsp3) is 0.214. The van der Waals surface area contributed by atoms with Crippen LogP contribution in [0.25, 0.3) is 6.08 Å². The van der Waals surface area contributed by atoms with Gasteiger partial charge in [-0.05, 0) is 88.4 Å². The van der Waals surface area contributed by atoms with E-state index in [9.17, 15) is 22.8 Å². The summed E-state index contributed by atoms with van der Waals surface area (Å²) in [7, 11) is 1.54. The number of methoxy groups -OCH3 is 1. The molecule has 3 aromatic carbocycles. The molecule has 5 nitrogen and oxygen atoms in total. The van der Waals surface area contributed by atoms with E-state index < -0.39 is 23.5 Å². The van der Waals surface area contributed by atoms with E-state index in [-0.39, 0.29) is 32.1 Å². The average molecular weight is 677 g/mol. The molecule has 40 heavy (non-hydrogen) atoms. The van der Waals surface area contributed by atoms with Crippen molar-refractivity contribution in [2.75, 3.05) is 12.4 Å². The Hall–Kier alpha value is -2.72. The first-order chi connectivity index (χ1) is 18.8. The molecule has 0 saturated heterocycles. The number of anilines is 1. The second kappa shape index (κ2) is 12.0. The van der Waals surface area contributed by atoms with Crippen molar-refractivity contribution in [3.05, 3.63) is 96.9 Å². The minimum absolute atomic E-state index is 0.0269. The summed E-state index contributed by atoms with van der Waals surface area (Å²) in [6, 6.07) is 13.5. The Labute approximate surface area is 251 Å². The highest BCUT2D eigenvalue weighted by molar-refractivity contribution is 9.10. The highest BCUT2D eigenvalue weighted by Gasteiger charge is 2.51. The molecule has 0 bridgehead atoms. The quantitative estimate of drug-likeness (QED) is 0.235. The van der Waals surface area contributed by atoms with Gasteiger partial charge in [0.2, 0.25) is 5.91 Å². The van der Waals surface area contributed by atoms with Gasteiger partial charge < -0.3 is 15.4 Å². The molecule has 1 atom stereocenters. The molecule has 1 saturated carbocycles. The van der Waals surface area contributed by atoms with Gasteiger partial charge in [-0.25, -0.2) is 0 Å². The van der Waals surface area contributed by atoms with Gasteiger partial charge in [-0.15, -0.1) is 0 Å².